The highest BCUT2D eigenvalue weighted by atomic mass is 79.9. The Labute approximate surface area is 136 Å². The van der Waals surface area contributed by atoms with Crippen molar-refractivity contribution in [2.75, 3.05) is 5.32 Å². The highest BCUT2D eigenvalue weighted by Gasteiger charge is 2.19. The normalized spacial score (nSPS) is 10.2. The van der Waals surface area contributed by atoms with Crippen molar-refractivity contribution in [2.24, 2.45) is 0 Å². The van der Waals surface area contributed by atoms with E-state index in [2.05, 4.69) is 37.2 Å². The maximum Gasteiger partial charge on any atom is 0.337 e. The largest absolute Gasteiger partial charge is 0.478 e. The Morgan fingerprint density at radius 2 is 1.76 bits per heavy atom. The zero-order valence-corrected chi connectivity index (χ0v) is 13.5. The number of carboxylic acid groups (broad SMARTS) is 1. The average Bonchev–Trinajstić information content (AvgIpc) is 2.41. The number of hydrogen-bond donors (Lipinski definition) is 2. The Balaban J connectivity index is 2.42. The molecule has 4 nitrogen and oxygen atoms in total. The summed E-state index contributed by atoms with van der Waals surface area (Å²) in [6.45, 7) is 0. The van der Waals surface area contributed by atoms with Crippen LogP contribution in [0.2, 0.25) is 0 Å². The zero-order valence-electron chi connectivity index (χ0n) is 10.4. The third-order valence-electron chi connectivity index (χ3n) is 2.64. The van der Waals surface area contributed by atoms with E-state index >= 15 is 0 Å². The van der Waals surface area contributed by atoms with Gasteiger partial charge in [-0.25, -0.2) is 9.18 Å². The summed E-state index contributed by atoms with van der Waals surface area (Å²) in [6.07, 6.45) is 0. The van der Waals surface area contributed by atoms with Crippen molar-refractivity contribution in [2.45, 2.75) is 0 Å². The average molecular weight is 417 g/mol. The maximum absolute atomic E-state index is 13.6. The number of carbonyl (C=O) groups excluding carboxylic acids is 1. The molecule has 0 unspecified atom stereocenters. The fourth-order valence-electron chi connectivity index (χ4n) is 1.70. The number of carbonyl (C=O) groups is 2. The molecule has 0 heterocycles. The molecule has 0 spiro atoms. The van der Waals surface area contributed by atoms with Crippen molar-refractivity contribution >= 4 is 49.4 Å². The van der Waals surface area contributed by atoms with Crippen LogP contribution in [0.25, 0.3) is 0 Å². The summed E-state index contributed by atoms with van der Waals surface area (Å²) in [5.74, 6) is -2.61. The molecule has 2 aromatic carbocycles. The van der Waals surface area contributed by atoms with Gasteiger partial charge in [0.2, 0.25) is 0 Å². The Kier molecular flexibility index (Phi) is 4.74. The number of benzene rings is 2. The first-order valence-electron chi connectivity index (χ1n) is 5.68. The molecule has 0 atom stereocenters. The Hall–Kier alpha value is -1.73. The summed E-state index contributed by atoms with van der Waals surface area (Å²) in [5, 5.41) is 11.6. The molecule has 0 saturated carbocycles. The Bertz CT molecular complexity index is 734. The summed E-state index contributed by atoms with van der Waals surface area (Å²) in [7, 11) is 0. The number of halogens is 3. The molecule has 0 aliphatic heterocycles. The summed E-state index contributed by atoms with van der Waals surface area (Å²) >= 11 is 6.36. The number of hydrogen-bond acceptors (Lipinski definition) is 2. The molecular formula is C14H8Br2FNO3. The Morgan fingerprint density at radius 1 is 1.10 bits per heavy atom. The molecule has 0 radical (unpaired) electrons. The third-order valence-corrected chi connectivity index (χ3v) is 3.73. The molecular weight excluding hydrogens is 409 g/mol. The van der Waals surface area contributed by atoms with Crippen LogP contribution in [0.4, 0.5) is 10.1 Å². The number of anilines is 1. The van der Waals surface area contributed by atoms with E-state index in [9.17, 15) is 19.1 Å². The summed E-state index contributed by atoms with van der Waals surface area (Å²) in [4.78, 5) is 23.3. The molecule has 2 rings (SSSR count). The molecule has 0 aromatic heterocycles. The van der Waals surface area contributed by atoms with E-state index in [4.69, 9.17) is 0 Å². The number of rotatable bonds is 3. The van der Waals surface area contributed by atoms with Crippen molar-refractivity contribution < 1.29 is 19.1 Å². The van der Waals surface area contributed by atoms with Gasteiger partial charge in [0.05, 0.1) is 16.8 Å². The lowest BCUT2D eigenvalue weighted by atomic mass is 10.1. The standard InChI is InChI=1S/C14H8Br2FNO3/c15-7-5-9(14(20)21)12(10(16)6-7)18-13(19)8-3-1-2-4-11(8)17/h1-6H,(H,18,19)(H,20,21). The maximum atomic E-state index is 13.6. The van der Waals surface area contributed by atoms with Gasteiger partial charge < -0.3 is 10.4 Å². The van der Waals surface area contributed by atoms with Crippen LogP contribution in [-0.2, 0) is 0 Å². The van der Waals surface area contributed by atoms with E-state index in [0.717, 1.165) is 6.07 Å². The molecule has 0 fully saturated rings. The number of carboxylic acids is 1. The number of nitrogens with one attached hydrogen (secondary N) is 1. The zero-order chi connectivity index (χ0) is 15.6. The minimum absolute atomic E-state index is 0.0685. The smallest absolute Gasteiger partial charge is 0.337 e. The fraction of sp³-hybridized carbons (Fsp3) is 0. The predicted octanol–water partition coefficient (Wildman–Crippen LogP) is 4.30. The van der Waals surface area contributed by atoms with Crippen molar-refractivity contribution in [3.63, 3.8) is 0 Å². The molecule has 21 heavy (non-hydrogen) atoms. The van der Waals surface area contributed by atoms with Crippen LogP contribution in [0, 0.1) is 5.82 Å². The second-order valence-electron chi connectivity index (χ2n) is 4.05. The highest BCUT2D eigenvalue weighted by Crippen LogP contribution is 2.31. The third kappa shape index (κ3) is 3.48. The Morgan fingerprint density at radius 3 is 2.38 bits per heavy atom. The summed E-state index contributed by atoms with van der Waals surface area (Å²) < 4.78 is 14.5. The van der Waals surface area contributed by atoms with E-state index in [-0.39, 0.29) is 16.8 Å². The van der Waals surface area contributed by atoms with Crippen LogP contribution in [0.5, 0.6) is 0 Å². The quantitative estimate of drug-likeness (QED) is 0.783. The topological polar surface area (TPSA) is 66.4 Å². The molecule has 0 aliphatic carbocycles. The number of aromatic carboxylic acids is 1. The first-order valence-corrected chi connectivity index (χ1v) is 7.27. The van der Waals surface area contributed by atoms with E-state index in [1.165, 1.54) is 24.3 Å². The van der Waals surface area contributed by atoms with E-state index in [0.29, 0.717) is 8.95 Å². The lowest BCUT2D eigenvalue weighted by Gasteiger charge is -2.12. The lowest BCUT2D eigenvalue weighted by molar-refractivity contribution is 0.0698. The predicted molar refractivity (Wildman–Crippen MR) is 83.2 cm³/mol. The summed E-state index contributed by atoms with van der Waals surface area (Å²) in [6, 6.07) is 8.39. The van der Waals surface area contributed by atoms with Crippen LogP contribution < -0.4 is 5.32 Å². The fourth-order valence-corrected chi connectivity index (χ4v) is 3.02. The second-order valence-corrected chi connectivity index (χ2v) is 5.82. The SMILES string of the molecule is O=C(Nc1c(Br)cc(Br)cc1C(=O)O)c1ccccc1F. The molecule has 2 N–H and O–H groups in total. The van der Waals surface area contributed by atoms with Gasteiger partial charge in [0.1, 0.15) is 5.82 Å². The van der Waals surface area contributed by atoms with Gasteiger partial charge in [0.25, 0.3) is 5.91 Å². The van der Waals surface area contributed by atoms with E-state index in [1.54, 1.807) is 6.07 Å². The monoisotopic (exact) mass is 415 g/mol. The van der Waals surface area contributed by atoms with Crippen molar-refractivity contribution in [3.8, 4) is 0 Å². The summed E-state index contributed by atoms with van der Waals surface area (Å²) in [5.41, 5.74) is -0.205. The molecule has 7 heteroatoms. The van der Waals surface area contributed by atoms with Gasteiger partial charge >= 0.3 is 5.97 Å². The van der Waals surface area contributed by atoms with E-state index < -0.39 is 17.7 Å². The van der Waals surface area contributed by atoms with Gasteiger partial charge in [-0.3, -0.25) is 4.79 Å². The molecule has 0 saturated heterocycles. The highest BCUT2D eigenvalue weighted by molar-refractivity contribution is 9.11. The molecule has 1 amide bonds. The number of amides is 1. The minimum atomic E-state index is -1.21. The molecule has 0 aliphatic rings. The van der Waals surface area contributed by atoms with Crippen LogP contribution >= 0.6 is 31.9 Å². The molecule has 108 valence electrons. The minimum Gasteiger partial charge on any atom is -0.478 e. The van der Waals surface area contributed by atoms with Crippen molar-refractivity contribution in [1.82, 2.24) is 0 Å². The first kappa shape index (κ1) is 15.7. The van der Waals surface area contributed by atoms with Gasteiger partial charge in [0, 0.05) is 8.95 Å². The van der Waals surface area contributed by atoms with Gasteiger partial charge in [-0.05, 0) is 40.2 Å². The molecule has 2 aromatic rings. The van der Waals surface area contributed by atoms with Gasteiger partial charge in [-0.2, -0.15) is 0 Å². The van der Waals surface area contributed by atoms with Crippen LogP contribution in [0.3, 0.4) is 0 Å². The molecule has 0 bridgehead atoms. The van der Waals surface area contributed by atoms with Crippen LogP contribution in [0.1, 0.15) is 20.7 Å². The van der Waals surface area contributed by atoms with Crippen molar-refractivity contribution in [1.29, 1.82) is 0 Å². The lowest BCUT2D eigenvalue weighted by Crippen LogP contribution is -2.16. The first-order chi connectivity index (χ1) is 9.90. The van der Waals surface area contributed by atoms with Gasteiger partial charge in [-0.1, -0.05) is 28.1 Å². The van der Waals surface area contributed by atoms with Crippen LogP contribution in [0.15, 0.2) is 45.3 Å². The van der Waals surface area contributed by atoms with Gasteiger partial charge in [0.15, 0.2) is 0 Å². The van der Waals surface area contributed by atoms with Crippen LogP contribution in [-0.4, -0.2) is 17.0 Å². The second kappa shape index (κ2) is 6.36. The van der Waals surface area contributed by atoms with Crippen molar-refractivity contribution in [3.05, 3.63) is 62.3 Å². The van der Waals surface area contributed by atoms with E-state index in [1.807, 2.05) is 0 Å². The van der Waals surface area contributed by atoms with Gasteiger partial charge in [-0.15, -0.1) is 0 Å².